The van der Waals surface area contributed by atoms with E-state index in [-0.39, 0.29) is 11.9 Å². The third kappa shape index (κ3) is 7.62. The molecule has 2 heterocycles. The van der Waals surface area contributed by atoms with Crippen LogP contribution in [0.1, 0.15) is 60.1 Å². The molecule has 1 aliphatic heterocycles. The molecule has 4 atom stereocenters. The zero-order valence-electron chi connectivity index (χ0n) is 18.0. The lowest BCUT2D eigenvalue weighted by Crippen LogP contribution is -2.33. The summed E-state index contributed by atoms with van der Waals surface area (Å²) in [6.45, 7) is 11.3. The number of nitrogens with zero attached hydrogens (tertiary/aromatic N) is 2. The highest BCUT2D eigenvalue weighted by atomic mass is 32.2. The molecule has 1 aromatic rings. The van der Waals surface area contributed by atoms with Gasteiger partial charge in [0.25, 0.3) is 6.47 Å². The van der Waals surface area contributed by atoms with Gasteiger partial charge in [0.05, 0.1) is 12.1 Å². The number of hydrogen-bond acceptors (Lipinski definition) is 7. The largest absolute Gasteiger partial charge is 0.464 e. The molecule has 1 saturated heterocycles. The van der Waals surface area contributed by atoms with Gasteiger partial charge in [-0.2, -0.15) is 4.98 Å². The van der Waals surface area contributed by atoms with Gasteiger partial charge in [-0.1, -0.05) is 41.0 Å². The van der Waals surface area contributed by atoms with Crippen LogP contribution in [0, 0.1) is 23.6 Å². The summed E-state index contributed by atoms with van der Waals surface area (Å²) < 4.78 is 24.5. The second-order valence-electron chi connectivity index (χ2n) is 7.37. The van der Waals surface area contributed by atoms with Gasteiger partial charge in [0.2, 0.25) is 0 Å². The summed E-state index contributed by atoms with van der Waals surface area (Å²) in [5, 5.41) is 0. The summed E-state index contributed by atoms with van der Waals surface area (Å²) in [5.41, 5.74) is 4.56. The van der Waals surface area contributed by atoms with E-state index in [2.05, 4.69) is 25.8 Å². The highest BCUT2D eigenvalue weighted by Crippen LogP contribution is 2.34. The van der Waals surface area contributed by atoms with Crippen molar-refractivity contribution in [2.45, 2.75) is 66.2 Å². The first-order valence-electron chi connectivity index (χ1n) is 10.2. The second kappa shape index (κ2) is 12.8. The molecule has 166 valence electrons. The lowest BCUT2D eigenvalue weighted by atomic mass is 9.75. The van der Waals surface area contributed by atoms with Gasteiger partial charge < -0.3 is 15.2 Å². The maximum atomic E-state index is 13.0. The molecule has 0 spiro atoms. The molecule has 0 bridgehead atoms. The molecule has 1 aromatic heterocycles. The molecule has 2 fully saturated rings. The predicted molar refractivity (Wildman–Crippen MR) is 114 cm³/mol. The number of carbonyl (C=O) groups is 1. The van der Waals surface area contributed by atoms with Crippen molar-refractivity contribution in [1.82, 2.24) is 9.55 Å². The fraction of sp³-hybridized carbons (Fsp3) is 0.750. The zero-order chi connectivity index (χ0) is 22.0. The Morgan fingerprint density at radius 2 is 2.10 bits per heavy atom. The topological polar surface area (TPSA) is 96.4 Å². The Bertz CT molecular complexity index is 680. The number of halogens is 1. The van der Waals surface area contributed by atoms with E-state index in [0.717, 1.165) is 17.2 Å². The van der Waals surface area contributed by atoms with E-state index in [4.69, 9.17) is 15.2 Å². The van der Waals surface area contributed by atoms with E-state index in [0.29, 0.717) is 35.9 Å². The van der Waals surface area contributed by atoms with Crippen LogP contribution in [0.4, 0.5) is 10.2 Å². The predicted octanol–water partition coefficient (Wildman–Crippen LogP) is 3.83. The summed E-state index contributed by atoms with van der Waals surface area (Å²) in [5.74, 6) is 1.94. The van der Waals surface area contributed by atoms with Gasteiger partial charge in [-0.3, -0.25) is 9.36 Å². The van der Waals surface area contributed by atoms with Gasteiger partial charge in [-0.25, -0.2) is 9.18 Å². The van der Waals surface area contributed by atoms with Crippen LogP contribution in [-0.4, -0.2) is 33.8 Å². The Balaban J connectivity index is 0.000000268. The average Bonchev–Trinajstić information content (AvgIpc) is 3.21. The zero-order valence-corrected chi connectivity index (χ0v) is 18.8. The third-order valence-electron chi connectivity index (χ3n) is 5.04. The number of ether oxygens (including phenoxy) is 2. The molecular weight excluding hydrogens is 397 g/mol. The van der Waals surface area contributed by atoms with E-state index < -0.39 is 17.7 Å². The minimum absolute atomic E-state index is 0.168. The highest BCUT2D eigenvalue weighted by Gasteiger charge is 2.31. The van der Waals surface area contributed by atoms with Crippen LogP contribution < -0.4 is 11.4 Å². The molecule has 2 aliphatic rings. The molecule has 9 heteroatoms. The third-order valence-corrected chi connectivity index (χ3v) is 5.86. The SMILES string of the molecule is CC.CC1CC[C@@H](C(C)C)C(OC=O)C1.Nc1nc(=O)n([C@@H]2CSCO2)cc1F. The number of thioether (sulfide) groups is 1. The Morgan fingerprint density at radius 3 is 2.66 bits per heavy atom. The van der Waals surface area contributed by atoms with Gasteiger partial charge in [-0.05, 0) is 30.6 Å². The minimum atomic E-state index is -0.704. The van der Waals surface area contributed by atoms with Gasteiger partial charge >= 0.3 is 5.69 Å². The summed E-state index contributed by atoms with van der Waals surface area (Å²) in [4.78, 5) is 25.0. The van der Waals surface area contributed by atoms with E-state index in [1.807, 2.05) is 13.8 Å². The number of nitrogen functional groups attached to an aromatic ring is 1. The number of nitrogens with two attached hydrogens (primary N) is 1. The van der Waals surface area contributed by atoms with Gasteiger partial charge in [0.1, 0.15) is 12.3 Å². The standard InChI is InChI=1S/C11H20O2.C7H8FN3O2S.C2H6/c1-8(2)10-5-4-9(3)6-11(10)13-7-12;8-4-1-11(5-2-14-3-13-5)7(12)10-6(4)9;1-2/h7-11H,4-6H2,1-3H3;1,5H,2-3H2,(H2,9,10,12);1-2H3/t9?,10-,11?;5-;/m00./s1. The Labute approximate surface area is 176 Å². The van der Waals surface area contributed by atoms with Crippen LogP contribution in [0.25, 0.3) is 0 Å². The number of rotatable bonds is 4. The first-order chi connectivity index (χ1) is 13.8. The highest BCUT2D eigenvalue weighted by molar-refractivity contribution is 7.99. The average molecular weight is 432 g/mol. The summed E-state index contributed by atoms with van der Waals surface area (Å²) >= 11 is 1.53. The molecule has 0 radical (unpaired) electrons. The lowest BCUT2D eigenvalue weighted by Gasteiger charge is -2.35. The molecule has 1 saturated carbocycles. The number of aromatic nitrogens is 2. The minimum Gasteiger partial charge on any atom is -0.464 e. The van der Waals surface area contributed by atoms with E-state index >= 15 is 0 Å². The van der Waals surface area contributed by atoms with Crippen molar-refractivity contribution in [3.8, 4) is 0 Å². The van der Waals surface area contributed by atoms with Crippen LogP contribution in [-0.2, 0) is 14.3 Å². The molecule has 0 aromatic carbocycles. The normalized spacial score (nSPS) is 26.0. The van der Waals surface area contributed by atoms with Gasteiger partial charge in [0, 0.05) is 5.75 Å². The van der Waals surface area contributed by atoms with E-state index in [1.54, 1.807) is 0 Å². The summed E-state index contributed by atoms with van der Waals surface area (Å²) in [7, 11) is 0. The molecular formula is C20H34FN3O4S. The Kier molecular flexibility index (Phi) is 11.3. The fourth-order valence-corrected chi connectivity index (χ4v) is 4.30. The van der Waals surface area contributed by atoms with Crippen LogP contribution in [0.5, 0.6) is 0 Å². The van der Waals surface area contributed by atoms with E-state index in [1.165, 1.54) is 24.6 Å². The van der Waals surface area contributed by atoms with Crippen molar-refractivity contribution in [2.75, 3.05) is 17.4 Å². The maximum absolute atomic E-state index is 13.0. The maximum Gasteiger partial charge on any atom is 0.351 e. The molecule has 3 rings (SSSR count). The first-order valence-corrected chi connectivity index (χ1v) is 11.3. The smallest absolute Gasteiger partial charge is 0.351 e. The molecule has 7 nitrogen and oxygen atoms in total. The number of carbonyl (C=O) groups excluding carboxylic acids is 1. The van der Waals surface area contributed by atoms with Crippen molar-refractivity contribution in [2.24, 2.45) is 17.8 Å². The molecule has 0 amide bonds. The van der Waals surface area contributed by atoms with Crippen molar-refractivity contribution >= 4 is 24.1 Å². The van der Waals surface area contributed by atoms with Crippen LogP contribution in [0.2, 0.25) is 0 Å². The van der Waals surface area contributed by atoms with Crippen molar-refractivity contribution in [1.29, 1.82) is 0 Å². The van der Waals surface area contributed by atoms with E-state index in [9.17, 15) is 14.0 Å². The van der Waals surface area contributed by atoms with Crippen LogP contribution in [0.15, 0.2) is 11.0 Å². The molecule has 2 unspecified atom stereocenters. The monoisotopic (exact) mass is 431 g/mol. The molecule has 2 N–H and O–H groups in total. The fourth-order valence-electron chi connectivity index (χ4n) is 3.49. The lowest BCUT2D eigenvalue weighted by molar-refractivity contribution is -0.140. The van der Waals surface area contributed by atoms with Crippen LogP contribution in [0.3, 0.4) is 0 Å². The first kappa shape index (κ1) is 25.4. The van der Waals surface area contributed by atoms with Crippen molar-refractivity contribution in [3.05, 3.63) is 22.5 Å². The Hall–Kier alpha value is -1.61. The number of hydrogen-bond donors (Lipinski definition) is 1. The van der Waals surface area contributed by atoms with Gasteiger partial charge in [-0.15, -0.1) is 11.8 Å². The summed E-state index contributed by atoms with van der Waals surface area (Å²) in [6, 6.07) is 0. The molecule has 29 heavy (non-hydrogen) atoms. The number of anilines is 1. The van der Waals surface area contributed by atoms with Gasteiger partial charge in [0.15, 0.2) is 11.6 Å². The van der Waals surface area contributed by atoms with Crippen LogP contribution >= 0.6 is 11.8 Å². The summed E-state index contributed by atoms with van der Waals surface area (Å²) in [6.07, 6.45) is 4.29. The molecule has 1 aliphatic carbocycles. The Morgan fingerprint density at radius 1 is 1.41 bits per heavy atom. The van der Waals surface area contributed by atoms with Crippen molar-refractivity contribution in [3.63, 3.8) is 0 Å². The quantitative estimate of drug-likeness (QED) is 0.724. The second-order valence-corrected chi connectivity index (χ2v) is 8.35. The van der Waals surface area contributed by atoms with Crippen molar-refractivity contribution < 1.29 is 18.7 Å².